The molecule has 0 rings (SSSR count). The summed E-state index contributed by atoms with van der Waals surface area (Å²) in [4.78, 5) is 0. The smallest absolute Gasteiger partial charge is 0.0227 e. The van der Waals surface area contributed by atoms with Gasteiger partial charge in [0.2, 0.25) is 0 Å². The van der Waals surface area contributed by atoms with Crippen LogP contribution in [0, 0.1) is 0 Å². The number of allylic oxidation sites excluding steroid dienone is 1. The summed E-state index contributed by atoms with van der Waals surface area (Å²) in [5, 5.41) is 3.31. The van der Waals surface area contributed by atoms with Crippen molar-refractivity contribution in [1.82, 2.24) is 5.32 Å². The van der Waals surface area contributed by atoms with Crippen LogP contribution in [-0.4, -0.2) is 6.04 Å². The van der Waals surface area contributed by atoms with E-state index in [-0.39, 0.29) is 0 Å². The molecule has 1 atom stereocenters. The zero-order chi connectivity index (χ0) is 8.53. The van der Waals surface area contributed by atoms with E-state index >= 15 is 0 Å². The van der Waals surface area contributed by atoms with E-state index in [9.17, 15) is 0 Å². The summed E-state index contributed by atoms with van der Waals surface area (Å²) in [6, 6.07) is 0.637. The summed E-state index contributed by atoms with van der Waals surface area (Å²) in [6.45, 7) is 6.51. The van der Waals surface area contributed by atoms with Crippen molar-refractivity contribution in [3.05, 3.63) is 12.3 Å². The predicted octanol–water partition coefficient (Wildman–Crippen LogP) is 3.08. The highest BCUT2D eigenvalue weighted by Crippen LogP contribution is 2.02. The van der Waals surface area contributed by atoms with E-state index in [4.69, 9.17) is 0 Å². The van der Waals surface area contributed by atoms with Gasteiger partial charge in [-0.2, -0.15) is 0 Å². The first-order valence-electron chi connectivity index (χ1n) is 4.68. The van der Waals surface area contributed by atoms with Crippen LogP contribution in [0.1, 0.15) is 46.5 Å². The van der Waals surface area contributed by atoms with Crippen molar-refractivity contribution < 1.29 is 0 Å². The number of unbranched alkanes of at least 4 members (excludes halogenated alkanes) is 2. The first kappa shape index (κ1) is 10.5. The molecular weight excluding hydrogens is 134 g/mol. The highest BCUT2D eigenvalue weighted by atomic mass is 14.9. The molecule has 0 fully saturated rings. The fourth-order valence-corrected chi connectivity index (χ4v) is 1.04. The molecule has 0 aromatic heterocycles. The minimum atomic E-state index is 0.637. The van der Waals surface area contributed by atoms with Gasteiger partial charge in [-0.1, -0.05) is 32.3 Å². The van der Waals surface area contributed by atoms with Crippen LogP contribution in [-0.2, 0) is 0 Å². The third-order valence-corrected chi connectivity index (χ3v) is 1.79. The highest BCUT2D eigenvalue weighted by molar-refractivity contribution is 4.77. The molecule has 1 unspecified atom stereocenters. The predicted molar refractivity (Wildman–Crippen MR) is 51.6 cm³/mol. The molecule has 66 valence electrons. The van der Waals surface area contributed by atoms with E-state index in [2.05, 4.69) is 19.2 Å². The molecular formula is C10H21N. The van der Waals surface area contributed by atoms with Gasteiger partial charge in [0.05, 0.1) is 0 Å². The normalized spacial score (nSPS) is 13.7. The van der Waals surface area contributed by atoms with Gasteiger partial charge in [-0.3, -0.25) is 0 Å². The molecule has 0 heterocycles. The maximum absolute atomic E-state index is 3.31. The zero-order valence-electron chi connectivity index (χ0n) is 8.06. The Kier molecular flexibility index (Phi) is 7.33. The largest absolute Gasteiger partial charge is 0.389 e. The van der Waals surface area contributed by atoms with Crippen LogP contribution in [0.3, 0.4) is 0 Å². The molecule has 11 heavy (non-hydrogen) atoms. The van der Waals surface area contributed by atoms with Crippen molar-refractivity contribution in [1.29, 1.82) is 0 Å². The lowest BCUT2D eigenvalue weighted by Gasteiger charge is -2.10. The van der Waals surface area contributed by atoms with Crippen LogP contribution in [0.2, 0.25) is 0 Å². The van der Waals surface area contributed by atoms with Gasteiger partial charge >= 0.3 is 0 Å². The van der Waals surface area contributed by atoms with Crippen LogP contribution in [0.4, 0.5) is 0 Å². The van der Waals surface area contributed by atoms with Gasteiger partial charge in [0.1, 0.15) is 0 Å². The standard InChI is InChI=1S/C10H21N/c1-4-6-7-8-10(3)11-9-5-2/h5,9-11H,4,6-8H2,1-3H3. The SMILES string of the molecule is CC=CNC(C)CCCCC. The third-order valence-electron chi connectivity index (χ3n) is 1.79. The van der Waals surface area contributed by atoms with Crippen LogP contribution in [0.5, 0.6) is 0 Å². The minimum absolute atomic E-state index is 0.637. The van der Waals surface area contributed by atoms with E-state index in [0.717, 1.165) is 0 Å². The topological polar surface area (TPSA) is 12.0 Å². The van der Waals surface area contributed by atoms with Gasteiger partial charge in [-0.15, -0.1) is 0 Å². The fourth-order valence-electron chi connectivity index (χ4n) is 1.04. The Bertz CT molecular complexity index is 97.0. The van der Waals surface area contributed by atoms with Crippen molar-refractivity contribution in [2.24, 2.45) is 0 Å². The first-order valence-corrected chi connectivity index (χ1v) is 4.68. The molecule has 0 saturated carbocycles. The molecule has 1 nitrogen and oxygen atoms in total. The van der Waals surface area contributed by atoms with E-state index in [1.807, 2.05) is 19.2 Å². The second-order valence-corrected chi connectivity index (χ2v) is 3.06. The molecule has 0 radical (unpaired) electrons. The van der Waals surface area contributed by atoms with Gasteiger partial charge in [-0.05, 0) is 26.5 Å². The molecule has 0 aliphatic rings. The average Bonchev–Trinajstić information content (AvgIpc) is 2.01. The summed E-state index contributed by atoms with van der Waals surface area (Å²) in [5.41, 5.74) is 0. The van der Waals surface area contributed by atoms with Crippen molar-refractivity contribution in [3.63, 3.8) is 0 Å². The first-order chi connectivity index (χ1) is 5.31. The summed E-state index contributed by atoms with van der Waals surface area (Å²) >= 11 is 0. The van der Waals surface area contributed by atoms with Crippen LogP contribution >= 0.6 is 0 Å². The summed E-state index contributed by atoms with van der Waals surface area (Å²) < 4.78 is 0. The molecule has 0 aliphatic carbocycles. The van der Waals surface area contributed by atoms with E-state index in [0.29, 0.717) is 6.04 Å². The Morgan fingerprint density at radius 2 is 2.09 bits per heavy atom. The quantitative estimate of drug-likeness (QED) is 0.581. The summed E-state index contributed by atoms with van der Waals surface area (Å²) in [5.74, 6) is 0. The second kappa shape index (κ2) is 7.64. The van der Waals surface area contributed by atoms with Gasteiger partial charge < -0.3 is 5.32 Å². The average molecular weight is 155 g/mol. The third kappa shape index (κ3) is 7.44. The molecule has 1 heteroatoms. The maximum atomic E-state index is 3.31. The number of rotatable bonds is 6. The molecule has 0 spiro atoms. The lowest BCUT2D eigenvalue weighted by Crippen LogP contribution is -2.19. The molecule has 0 aliphatic heterocycles. The second-order valence-electron chi connectivity index (χ2n) is 3.06. The molecule has 0 bridgehead atoms. The summed E-state index contributed by atoms with van der Waals surface area (Å²) in [6.07, 6.45) is 9.38. The Balaban J connectivity index is 3.15. The highest BCUT2D eigenvalue weighted by Gasteiger charge is 1.95. The fraction of sp³-hybridized carbons (Fsp3) is 0.800. The number of hydrogen-bond donors (Lipinski definition) is 1. The van der Waals surface area contributed by atoms with Crippen LogP contribution in [0.25, 0.3) is 0 Å². The Labute approximate surface area is 70.9 Å². The Morgan fingerprint density at radius 3 is 2.64 bits per heavy atom. The molecule has 0 aromatic carbocycles. The van der Waals surface area contributed by atoms with Crippen LogP contribution in [0.15, 0.2) is 12.3 Å². The molecule has 0 saturated heterocycles. The Morgan fingerprint density at radius 1 is 1.36 bits per heavy atom. The minimum Gasteiger partial charge on any atom is -0.389 e. The van der Waals surface area contributed by atoms with E-state index < -0.39 is 0 Å². The monoisotopic (exact) mass is 155 g/mol. The summed E-state index contributed by atoms with van der Waals surface area (Å²) in [7, 11) is 0. The maximum Gasteiger partial charge on any atom is 0.0227 e. The van der Waals surface area contributed by atoms with Gasteiger partial charge in [0.25, 0.3) is 0 Å². The van der Waals surface area contributed by atoms with Crippen molar-refractivity contribution in [2.75, 3.05) is 0 Å². The van der Waals surface area contributed by atoms with E-state index in [1.165, 1.54) is 25.7 Å². The zero-order valence-corrected chi connectivity index (χ0v) is 8.06. The number of hydrogen-bond acceptors (Lipinski definition) is 1. The van der Waals surface area contributed by atoms with Crippen molar-refractivity contribution in [3.8, 4) is 0 Å². The molecule has 0 aromatic rings. The van der Waals surface area contributed by atoms with Crippen LogP contribution < -0.4 is 5.32 Å². The van der Waals surface area contributed by atoms with Gasteiger partial charge in [0.15, 0.2) is 0 Å². The lowest BCUT2D eigenvalue weighted by atomic mass is 10.1. The number of nitrogens with one attached hydrogen (secondary N) is 1. The molecule has 1 N–H and O–H groups in total. The molecule has 0 amide bonds. The van der Waals surface area contributed by atoms with Gasteiger partial charge in [-0.25, -0.2) is 0 Å². The Hall–Kier alpha value is -0.460. The van der Waals surface area contributed by atoms with Crippen molar-refractivity contribution >= 4 is 0 Å². The van der Waals surface area contributed by atoms with E-state index in [1.54, 1.807) is 0 Å². The lowest BCUT2D eigenvalue weighted by molar-refractivity contribution is 0.541. The van der Waals surface area contributed by atoms with Gasteiger partial charge in [0, 0.05) is 6.04 Å². The van der Waals surface area contributed by atoms with Crippen molar-refractivity contribution in [2.45, 2.75) is 52.5 Å².